The molecule has 37 heavy (non-hydrogen) atoms. The number of ketones is 2. The van der Waals surface area contributed by atoms with Crippen LogP contribution < -0.4 is 0 Å². The first-order valence-corrected chi connectivity index (χ1v) is 13.2. The van der Waals surface area contributed by atoms with E-state index in [1.165, 1.54) is 21.3 Å². The summed E-state index contributed by atoms with van der Waals surface area (Å²) in [5, 5.41) is 10.8. The van der Waals surface area contributed by atoms with E-state index in [1.54, 1.807) is 13.8 Å². The van der Waals surface area contributed by atoms with E-state index >= 15 is 0 Å². The van der Waals surface area contributed by atoms with E-state index in [1.807, 2.05) is 9.80 Å². The number of carboxylic acid groups (broad SMARTS) is 1. The zero-order chi connectivity index (χ0) is 27.2. The number of rotatable bonds is 10. The zero-order valence-corrected chi connectivity index (χ0v) is 22.7. The lowest BCUT2D eigenvalue weighted by molar-refractivity contribution is -0.195. The summed E-state index contributed by atoms with van der Waals surface area (Å²) in [6.07, 6.45) is 1.96. The standard InChI is InChI=1S/C26H41N3O8/c1-17(2)26(22(32)33,25(16-36-5)21(31)19-8-12-29(25)13-9-19)27(3)23(34)37-15-24(14-35-4)20(30)18-6-10-28(24)11-7-18/h17-19H,6-16H2,1-5H3,(H,32,33)/t24?,25?,26-/m0/s1. The number of methoxy groups -OCH3 is 2. The molecule has 1 N–H and O–H groups in total. The van der Waals surface area contributed by atoms with Gasteiger partial charge in [0.25, 0.3) is 0 Å². The fourth-order valence-electron chi connectivity index (χ4n) is 7.77. The molecule has 0 radical (unpaired) electrons. The third kappa shape index (κ3) is 3.84. The highest BCUT2D eigenvalue weighted by atomic mass is 16.6. The van der Waals surface area contributed by atoms with E-state index in [0.717, 1.165) is 17.7 Å². The molecule has 4 bridgehead atoms. The highest BCUT2D eigenvalue weighted by Crippen LogP contribution is 2.48. The summed E-state index contributed by atoms with van der Waals surface area (Å²) in [5.41, 5.74) is -4.62. The van der Waals surface area contributed by atoms with Crippen molar-refractivity contribution in [2.45, 2.75) is 56.1 Å². The second-order valence-corrected chi connectivity index (χ2v) is 11.3. The van der Waals surface area contributed by atoms with Gasteiger partial charge in [-0.05, 0) is 44.7 Å². The lowest BCUT2D eigenvalue weighted by Gasteiger charge is -2.62. The first kappa shape index (κ1) is 27.9. The fraction of sp³-hybridized carbons (Fsp3) is 0.846. The second-order valence-electron chi connectivity index (χ2n) is 11.3. The Bertz CT molecular complexity index is 927. The van der Waals surface area contributed by atoms with E-state index < -0.39 is 34.6 Å². The number of carbonyl (C=O) groups is 4. The SMILES string of the molecule is COCC1(COC(=O)N(C)[C@](C(=O)O)(C(C)C)C2(COC)C(=O)C3CCN2CC3)C(=O)C2CCN1CC2. The first-order chi connectivity index (χ1) is 17.5. The van der Waals surface area contributed by atoms with Crippen molar-refractivity contribution in [1.82, 2.24) is 14.7 Å². The molecule has 6 heterocycles. The average Bonchev–Trinajstić information content (AvgIpc) is 2.88. The fourth-order valence-corrected chi connectivity index (χ4v) is 7.77. The lowest BCUT2D eigenvalue weighted by atomic mass is 9.59. The van der Waals surface area contributed by atoms with E-state index in [9.17, 15) is 24.3 Å². The minimum Gasteiger partial charge on any atom is -0.479 e. The monoisotopic (exact) mass is 523 g/mol. The van der Waals surface area contributed by atoms with Crippen LogP contribution in [-0.2, 0) is 28.6 Å². The van der Waals surface area contributed by atoms with Gasteiger partial charge in [0.15, 0.2) is 17.1 Å². The van der Waals surface area contributed by atoms with Gasteiger partial charge in [0.05, 0.1) is 13.2 Å². The normalized spacial score (nSPS) is 36.5. The van der Waals surface area contributed by atoms with Gasteiger partial charge in [-0.1, -0.05) is 13.8 Å². The Morgan fingerprint density at radius 3 is 1.89 bits per heavy atom. The maximum Gasteiger partial charge on any atom is 0.410 e. The molecule has 0 aliphatic carbocycles. The molecule has 6 saturated heterocycles. The number of fused-ring (bicyclic) bond motifs is 6. The molecule has 0 spiro atoms. The predicted molar refractivity (Wildman–Crippen MR) is 132 cm³/mol. The van der Waals surface area contributed by atoms with Crippen molar-refractivity contribution in [3.63, 3.8) is 0 Å². The molecular formula is C26H41N3O8. The molecule has 0 aromatic heterocycles. The van der Waals surface area contributed by atoms with Gasteiger partial charge in [0.2, 0.25) is 0 Å². The molecule has 11 heteroatoms. The maximum atomic E-state index is 13.9. The molecule has 0 aromatic carbocycles. The summed E-state index contributed by atoms with van der Waals surface area (Å²) in [7, 11) is 4.33. The zero-order valence-electron chi connectivity index (χ0n) is 22.7. The van der Waals surface area contributed by atoms with Crippen molar-refractivity contribution < 1.29 is 38.5 Å². The number of nitrogens with zero attached hydrogens (tertiary/aromatic N) is 3. The van der Waals surface area contributed by atoms with Crippen LogP contribution in [-0.4, -0.2) is 127 Å². The Morgan fingerprint density at radius 2 is 1.46 bits per heavy atom. The summed E-state index contributed by atoms with van der Waals surface area (Å²) in [6, 6.07) is 0. The van der Waals surface area contributed by atoms with Crippen LogP contribution in [0.1, 0.15) is 39.5 Å². The molecule has 6 aliphatic rings. The van der Waals surface area contributed by atoms with Crippen LogP contribution in [0.3, 0.4) is 0 Å². The second kappa shape index (κ2) is 10.2. The van der Waals surface area contributed by atoms with Crippen LogP contribution >= 0.6 is 0 Å². The minimum atomic E-state index is -1.96. The summed E-state index contributed by atoms with van der Waals surface area (Å²) in [6.45, 7) is 5.59. The molecule has 208 valence electrons. The molecule has 2 unspecified atom stereocenters. The first-order valence-electron chi connectivity index (χ1n) is 13.2. The number of likely N-dealkylation sites (N-methyl/N-ethyl adjacent to an activating group) is 1. The van der Waals surface area contributed by atoms with Crippen LogP contribution in [0, 0.1) is 17.8 Å². The number of aliphatic carboxylic acids is 1. The van der Waals surface area contributed by atoms with Gasteiger partial charge in [0.1, 0.15) is 17.7 Å². The number of hydrogen-bond donors (Lipinski definition) is 1. The van der Waals surface area contributed by atoms with Crippen molar-refractivity contribution in [2.75, 3.05) is 67.3 Å². The van der Waals surface area contributed by atoms with Gasteiger partial charge in [-0.25, -0.2) is 9.59 Å². The van der Waals surface area contributed by atoms with Crippen molar-refractivity contribution >= 4 is 23.6 Å². The van der Waals surface area contributed by atoms with E-state index in [0.29, 0.717) is 39.0 Å². The topological polar surface area (TPSA) is 126 Å². The van der Waals surface area contributed by atoms with Gasteiger partial charge < -0.3 is 19.3 Å². The highest BCUT2D eigenvalue weighted by molar-refractivity contribution is 6.02. The van der Waals surface area contributed by atoms with Gasteiger partial charge >= 0.3 is 12.1 Å². The van der Waals surface area contributed by atoms with E-state index in [2.05, 4.69) is 0 Å². The predicted octanol–water partition coefficient (Wildman–Crippen LogP) is 0.894. The minimum absolute atomic E-state index is 0.00241. The summed E-state index contributed by atoms with van der Waals surface area (Å²) >= 11 is 0. The molecule has 11 nitrogen and oxygen atoms in total. The van der Waals surface area contributed by atoms with Crippen LogP contribution in [0.25, 0.3) is 0 Å². The summed E-state index contributed by atoms with van der Waals surface area (Å²) in [5.74, 6) is -2.54. The largest absolute Gasteiger partial charge is 0.479 e. The summed E-state index contributed by atoms with van der Waals surface area (Å²) in [4.78, 5) is 59.2. The number of piperidine rings is 6. The lowest BCUT2D eigenvalue weighted by Crippen LogP contribution is -2.84. The highest BCUT2D eigenvalue weighted by Gasteiger charge is 2.72. The average molecular weight is 524 g/mol. The Labute approximate surface area is 218 Å². The van der Waals surface area contributed by atoms with E-state index in [4.69, 9.17) is 14.2 Å². The van der Waals surface area contributed by atoms with E-state index in [-0.39, 0.29) is 43.2 Å². The Morgan fingerprint density at radius 1 is 0.946 bits per heavy atom. The third-order valence-electron chi connectivity index (χ3n) is 9.51. The number of amides is 1. The maximum absolute atomic E-state index is 13.9. The van der Waals surface area contributed by atoms with Crippen molar-refractivity contribution in [3.05, 3.63) is 0 Å². The van der Waals surface area contributed by atoms with Crippen molar-refractivity contribution in [1.29, 1.82) is 0 Å². The molecule has 6 fully saturated rings. The van der Waals surface area contributed by atoms with Crippen LogP contribution in [0.2, 0.25) is 0 Å². The third-order valence-corrected chi connectivity index (χ3v) is 9.51. The number of carboxylic acids is 1. The number of carbonyl (C=O) groups excluding carboxylic acids is 3. The molecule has 0 aromatic rings. The molecule has 6 aliphatic heterocycles. The Kier molecular flexibility index (Phi) is 7.73. The molecular weight excluding hydrogens is 482 g/mol. The van der Waals surface area contributed by atoms with Crippen molar-refractivity contribution in [3.8, 4) is 0 Å². The van der Waals surface area contributed by atoms with Gasteiger partial charge in [-0.3, -0.25) is 24.3 Å². The number of hydrogen-bond acceptors (Lipinski definition) is 9. The Balaban J connectivity index is 1.70. The quantitative estimate of drug-likeness (QED) is 0.441. The van der Waals surface area contributed by atoms with Gasteiger partial charge in [-0.15, -0.1) is 0 Å². The van der Waals surface area contributed by atoms with Crippen molar-refractivity contribution in [2.24, 2.45) is 17.8 Å². The molecule has 3 atom stereocenters. The molecule has 1 amide bonds. The smallest absolute Gasteiger partial charge is 0.410 e. The van der Waals surface area contributed by atoms with Crippen LogP contribution in [0.4, 0.5) is 4.79 Å². The van der Waals surface area contributed by atoms with Gasteiger partial charge in [-0.2, -0.15) is 0 Å². The van der Waals surface area contributed by atoms with Crippen LogP contribution in [0.5, 0.6) is 0 Å². The summed E-state index contributed by atoms with van der Waals surface area (Å²) < 4.78 is 16.7. The Hall–Kier alpha value is -2.08. The molecule has 0 saturated carbocycles. The number of ether oxygens (including phenoxy) is 3. The van der Waals surface area contributed by atoms with Gasteiger partial charge in [0, 0.05) is 46.2 Å². The molecule has 6 rings (SSSR count). The number of Topliss-reactive ketones (excluding diaryl/α,β-unsaturated/α-hetero) is 2. The van der Waals surface area contributed by atoms with Crippen LogP contribution in [0.15, 0.2) is 0 Å².